The van der Waals surface area contributed by atoms with Gasteiger partial charge in [-0.1, -0.05) is 0 Å². The van der Waals surface area contributed by atoms with Gasteiger partial charge in [-0.25, -0.2) is 0 Å². The van der Waals surface area contributed by atoms with E-state index < -0.39 is 0 Å². The van der Waals surface area contributed by atoms with E-state index in [9.17, 15) is 0 Å². The summed E-state index contributed by atoms with van der Waals surface area (Å²) in [5.41, 5.74) is 1.25. The SMILES string of the molecule is CCNC(=NCC(C)N1CCOCC1C)N1CCN(c2ccc(OC)cc2)CC1.I. The molecule has 2 fully saturated rings. The van der Waals surface area contributed by atoms with Crippen molar-refractivity contribution < 1.29 is 9.47 Å². The molecular weight excluding hydrogens is 493 g/mol. The molecule has 1 N–H and O–H groups in total. The van der Waals surface area contributed by atoms with Crippen molar-refractivity contribution in [2.75, 3.05) is 71.0 Å². The first-order chi connectivity index (χ1) is 14.1. The lowest BCUT2D eigenvalue weighted by Gasteiger charge is -2.39. The summed E-state index contributed by atoms with van der Waals surface area (Å²) in [6.07, 6.45) is 0. The Balaban J connectivity index is 0.00000320. The Hall–Kier alpha value is -1.26. The quantitative estimate of drug-likeness (QED) is 0.346. The highest BCUT2D eigenvalue weighted by atomic mass is 127. The van der Waals surface area contributed by atoms with Gasteiger partial charge >= 0.3 is 0 Å². The molecule has 8 heteroatoms. The zero-order chi connectivity index (χ0) is 20.6. The third-order valence-corrected chi connectivity index (χ3v) is 5.84. The van der Waals surface area contributed by atoms with Crippen LogP contribution in [0.5, 0.6) is 5.75 Å². The Kier molecular flexibility index (Phi) is 10.5. The molecule has 2 saturated heterocycles. The number of rotatable bonds is 6. The van der Waals surface area contributed by atoms with Gasteiger partial charge in [0.15, 0.2) is 5.96 Å². The summed E-state index contributed by atoms with van der Waals surface area (Å²) >= 11 is 0. The minimum absolute atomic E-state index is 0. The second kappa shape index (κ2) is 12.6. The Labute approximate surface area is 198 Å². The summed E-state index contributed by atoms with van der Waals surface area (Å²) in [5, 5.41) is 3.49. The van der Waals surface area contributed by atoms with Gasteiger partial charge in [0.1, 0.15) is 5.75 Å². The highest BCUT2D eigenvalue weighted by molar-refractivity contribution is 14.0. The summed E-state index contributed by atoms with van der Waals surface area (Å²) in [7, 11) is 1.70. The monoisotopic (exact) mass is 531 g/mol. The van der Waals surface area contributed by atoms with E-state index in [1.165, 1.54) is 5.69 Å². The topological polar surface area (TPSA) is 52.6 Å². The molecule has 0 amide bonds. The van der Waals surface area contributed by atoms with Gasteiger partial charge in [-0.05, 0) is 45.0 Å². The van der Waals surface area contributed by atoms with E-state index in [2.05, 4.69) is 52.9 Å². The van der Waals surface area contributed by atoms with Crippen LogP contribution in [0.3, 0.4) is 0 Å². The van der Waals surface area contributed by atoms with E-state index in [-0.39, 0.29) is 24.0 Å². The van der Waals surface area contributed by atoms with Crippen LogP contribution in [0, 0.1) is 0 Å². The van der Waals surface area contributed by atoms with Crippen molar-refractivity contribution in [1.29, 1.82) is 0 Å². The maximum atomic E-state index is 5.57. The van der Waals surface area contributed by atoms with Gasteiger partial charge in [-0.2, -0.15) is 0 Å². The number of morpholine rings is 1. The number of methoxy groups -OCH3 is 1. The van der Waals surface area contributed by atoms with Crippen LogP contribution in [0.25, 0.3) is 0 Å². The van der Waals surface area contributed by atoms with Crippen molar-refractivity contribution in [2.24, 2.45) is 4.99 Å². The zero-order valence-electron chi connectivity index (χ0n) is 18.8. The Morgan fingerprint density at radius 2 is 1.90 bits per heavy atom. The molecule has 2 aliphatic heterocycles. The average Bonchev–Trinajstić information content (AvgIpc) is 2.77. The number of ether oxygens (including phenoxy) is 2. The maximum absolute atomic E-state index is 5.57. The standard InChI is InChI=1S/C22H37N5O2.HI/c1-5-23-22(24-16-18(2)27-14-15-29-17-19(27)3)26-12-10-25(11-13-26)20-6-8-21(28-4)9-7-20;/h6-9,18-19H,5,10-17H2,1-4H3,(H,23,24);1H. The van der Waals surface area contributed by atoms with Gasteiger partial charge in [0.05, 0.1) is 26.9 Å². The highest BCUT2D eigenvalue weighted by Gasteiger charge is 2.24. The first kappa shape index (κ1) is 25.0. The number of guanidine groups is 1. The molecule has 1 aromatic rings. The van der Waals surface area contributed by atoms with Crippen molar-refractivity contribution in [3.8, 4) is 5.75 Å². The van der Waals surface area contributed by atoms with Crippen LogP contribution in [0.4, 0.5) is 5.69 Å². The predicted molar refractivity (Wildman–Crippen MR) is 135 cm³/mol. The number of nitrogens with zero attached hydrogens (tertiary/aromatic N) is 4. The Bertz CT molecular complexity index is 649. The van der Waals surface area contributed by atoms with Crippen LogP contribution in [-0.4, -0.2) is 94.0 Å². The van der Waals surface area contributed by atoms with Crippen molar-refractivity contribution in [3.05, 3.63) is 24.3 Å². The molecule has 0 spiro atoms. The van der Waals surface area contributed by atoms with Gasteiger partial charge in [-0.15, -0.1) is 24.0 Å². The molecule has 0 aromatic heterocycles. The smallest absolute Gasteiger partial charge is 0.194 e. The fourth-order valence-corrected chi connectivity index (χ4v) is 4.11. The molecule has 2 unspecified atom stereocenters. The first-order valence-corrected chi connectivity index (χ1v) is 10.9. The van der Waals surface area contributed by atoms with E-state index in [1.54, 1.807) is 7.11 Å². The van der Waals surface area contributed by atoms with Crippen molar-refractivity contribution in [3.63, 3.8) is 0 Å². The molecule has 1 aromatic carbocycles. The summed E-state index contributed by atoms with van der Waals surface area (Å²) in [4.78, 5) is 12.3. The van der Waals surface area contributed by atoms with Crippen LogP contribution in [0.1, 0.15) is 20.8 Å². The molecule has 2 atom stereocenters. The molecule has 3 rings (SSSR count). The number of hydrogen-bond donors (Lipinski definition) is 1. The molecule has 170 valence electrons. The normalized spacial score (nSPS) is 21.7. The molecule has 0 aliphatic carbocycles. The number of anilines is 1. The molecular formula is C22H38IN5O2. The van der Waals surface area contributed by atoms with E-state index in [0.717, 1.165) is 70.7 Å². The second-order valence-corrected chi connectivity index (χ2v) is 7.88. The number of piperazine rings is 1. The Morgan fingerprint density at radius 1 is 1.20 bits per heavy atom. The third kappa shape index (κ3) is 6.62. The van der Waals surface area contributed by atoms with E-state index in [4.69, 9.17) is 14.5 Å². The average molecular weight is 531 g/mol. The summed E-state index contributed by atoms with van der Waals surface area (Å²) in [6.45, 7) is 14.9. The van der Waals surface area contributed by atoms with E-state index >= 15 is 0 Å². The van der Waals surface area contributed by atoms with Gasteiger partial charge in [0.2, 0.25) is 0 Å². The minimum atomic E-state index is 0. The van der Waals surface area contributed by atoms with E-state index in [1.807, 2.05) is 12.1 Å². The van der Waals surface area contributed by atoms with Crippen molar-refractivity contribution in [2.45, 2.75) is 32.9 Å². The third-order valence-electron chi connectivity index (χ3n) is 5.84. The minimum Gasteiger partial charge on any atom is -0.497 e. The van der Waals surface area contributed by atoms with Crippen LogP contribution < -0.4 is 15.0 Å². The number of aliphatic imine (C=N–C) groups is 1. The predicted octanol–water partition coefficient (Wildman–Crippen LogP) is 2.51. The van der Waals surface area contributed by atoms with Crippen molar-refractivity contribution >= 4 is 35.6 Å². The maximum Gasteiger partial charge on any atom is 0.194 e. The molecule has 0 bridgehead atoms. The number of halogens is 1. The van der Waals surface area contributed by atoms with Gasteiger partial charge in [-0.3, -0.25) is 9.89 Å². The number of hydrogen-bond acceptors (Lipinski definition) is 5. The van der Waals surface area contributed by atoms with Crippen LogP contribution >= 0.6 is 24.0 Å². The summed E-state index contributed by atoms with van der Waals surface area (Å²) in [6, 6.07) is 9.22. The van der Waals surface area contributed by atoms with Crippen molar-refractivity contribution in [1.82, 2.24) is 15.1 Å². The lowest BCUT2D eigenvalue weighted by atomic mass is 10.2. The van der Waals surface area contributed by atoms with Gasteiger partial charge in [0.25, 0.3) is 0 Å². The first-order valence-electron chi connectivity index (χ1n) is 10.9. The molecule has 0 saturated carbocycles. The second-order valence-electron chi connectivity index (χ2n) is 7.88. The van der Waals surface area contributed by atoms with E-state index in [0.29, 0.717) is 12.1 Å². The largest absolute Gasteiger partial charge is 0.497 e. The lowest BCUT2D eigenvalue weighted by molar-refractivity contribution is -0.0166. The fraction of sp³-hybridized carbons (Fsp3) is 0.682. The van der Waals surface area contributed by atoms with Crippen LogP contribution in [0.2, 0.25) is 0 Å². The number of benzene rings is 1. The summed E-state index contributed by atoms with van der Waals surface area (Å²) < 4.78 is 10.8. The molecule has 7 nitrogen and oxygen atoms in total. The highest BCUT2D eigenvalue weighted by Crippen LogP contribution is 2.20. The fourth-order valence-electron chi connectivity index (χ4n) is 4.11. The lowest BCUT2D eigenvalue weighted by Crippen LogP contribution is -2.53. The van der Waals surface area contributed by atoms with Crippen LogP contribution in [-0.2, 0) is 4.74 Å². The molecule has 2 heterocycles. The number of nitrogens with one attached hydrogen (secondary N) is 1. The molecule has 30 heavy (non-hydrogen) atoms. The molecule has 0 radical (unpaired) electrons. The summed E-state index contributed by atoms with van der Waals surface area (Å²) in [5.74, 6) is 1.94. The van der Waals surface area contributed by atoms with Gasteiger partial charge < -0.3 is 24.6 Å². The van der Waals surface area contributed by atoms with Gasteiger partial charge in [0, 0.05) is 57.0 Å². The Morgan fingerprint density at radius 3 is 2.50 bits per heavy atom. The molecule has 2 aliphatic rings. The zero-order valence-corrected chi connectivity index (χ0v) is 21.2. The van der Waals surface area contributed by atoms with Crippen LogP contribution in [0.15, 0.2) is 29.3 Å².